The molecule has 2 aliphatic rings. The van der Waals surface area contributed by atoms with Gasteiger partial charge >= 0.3 is 6.18 Å². The SMILES string of the molecule is COc1cccc([C@@](O)(C(=O)N2CCC(CC3CCN(c4ccc(C(=O)N(C)C)c(Cl)c4)CC3)CC2)C(F)(F)F)c1. The minimum absolute atomic E-state index is 0.127. The predicted molar refractivity (Wildman–Crippen MR) is 151 cm³/mol. The molecular formula is C30H37ClF3N3O4. The standard InChI is InChI=1S/C30H37ClF3N3O4/c1-35(2)27(38)25-8-7-23(19-26(25)31)36-13-9-20(10-14-36)17-21-11-15-37(16-12-21)28(39)29(40,30(32,33)34)22-5-4-6-24(18-22)41-3/h4-8,18-21,40H,9-17H2,1-3H3/t29-/m1/s1. The van der Waals surface area contributed by atoms with Crippen LogP contribution < -0.4 is 9.64 Å². The van der Waals surface area contributed by atoms with Crippen molar-refractivity contribution in [3.05, 3.63) is 58.6 Å². The minimum atomic E-state index is -5.19. The van der Waals surface area contributed by atoms with Gasteiger partial charge in [-0.1, -0.05) is 23.7 Å². The lowest BCUT2D eigenvalue weighted by molar-refractivity contribution is -0.262. The van der Waals surface area contributed by atoms with Crippen LogP contribution in [-0.4, -0.2) is 80.3 Å². The molecule has 2 aromatic carbocycles. The number of amides is 2. The average molecular weight is 596 g/mol. The number of hydrogen-bond donors (Lipinski definition) is 1. The first-order chi connectivity index (χ1) is 19.3. The van der Waals surface area contributed by atoms with Crippen LogP contribution in [0.1, 0.15) is 48.0 Å². The molecule has 0 bridgehead atoms. The van der Waals surface area contributed by atoms with Crippen LogP contribution >= 0.6 is 11.6 Å². The lowest BCUT2D eigenvalue weighted by Crippen LogP contribution is -2.57. The van der Waals surface area contributed by atoms with Crippen LogP contribution in [-0.2, 0) is 10.4 Å². The molecule has 2 fully saturated rings. The van der Waals surface area contributed by atoms with Gasteiger partial charge in [-0.3, -0.25) is 9.59 Å². The highest BCUT2D eigenvalue weighted by molar-refractivity contribution is 6.34. The van der Waals surface area contributed by atoms with Gasteiger partial charge in [0.15, 0.2) is 0 Å². The molecule has 1 atom stereocenters. The van der Waals surface area contributed by atoms with Crippen LogP contribution in [0.15, 0.2) is 42.5 Å². The summed E-state index contributed by atoms with van der Waals surface area (Å²) in [6.45, 7) is 2.03. The Morgan fingerprint density at radius 2 is 1.61 bits per heavy atom. The molecule has 11 heteroatoms. The molecule has 224 valence electrons. The predicted octanol–water partition coefficient (Wildman–Crippen LogP) is 5.35. The number of carbonyl (C=O) groups is 2. The van der Waals surface area contributed by atoms with Gasteiger partial charge in [0.1, 0.15) is 5.75 Å². The third-order valence-corrected chi connectivity index (χ3v) is 8.66. The Morgan fingerprint density at radius 3 is 2.15 bits per heavy atom. The summed E-state index contributed by atoms with van der Waals surface area (Å²) in [6, 6.07) is 10.4. The largest absolute Gasteiger partial charge is 0.497 e. The van der Waals surface area contributed by atoms with E-state index < -0.39 is 23.2 Å². The van der Waals surface area contributed by atoms with Crippen LogP contribution in [0.5, 0.6) is 5.75 Å². The quantitative estimate of drug-likeness (QED) is 0.468. The highest BCUT2D eigenvalue weighted by atomic mass is 35.5. The molecule has 1 N–H and O–H groups in total. The fourth-order valence-electron chi connectivity index (χ4n) is 5.87. The molecule has 0 unspecified atom stereocenters. The van der Waals surface area contributed by atoms with Crippen molar-refractivity contribution >= 4 is 29.1 Å². The number of likely N-dealkylation sites (tertiary alicyclic amines) is 1. The molecule has 2 aromatic rings. The van der Waals surface area contributed by atoms with E-state index in [-0.39, 0.29) is 24.7 Å². The van der Waals surface area contributed by atoms with E-state index in [0.717, 1.165) is 55.1 Å². The number of piperidine rings is 2. The maximum absolute atomic E-state index is 14.1. The van der Waals surface area contributed by atoms with E-state index in [1.807, 2.05) is 12.1 Å². The van der Waals surface area contributed by atoms with Gasteiger partial charge in [-0.05, 0) is 74.3 Å². The maximum atomic E-state index is 14.1. The summed E-state index contributed by atoms with van der Waals surface area (Å²) in [6.07, 6.45) is -1.11. The van der Waals surface area contributed by atoms with Gasteiger partial charge in [-0.25, -0.2) is 0 Å². The number of anilines is 1. The molecule has 0 aromatic heterocycles. The van der Waals surface area contributed by atoms with Gasteiger partial charge in [-0.2, -0.15) is 13.2 Å². The summed E-state index contributed by atoms with van der Waals surface area (Å²) in [5, 5.41) is 11.2. The molecule has 0 aliphatic carbocycles. The Hall–Kier alpha value is -2.98. The lowest BCUT2D eigenvalue weighted by Gasteiger charge is -2.40. The van der Waals surface area contributed by atoms with Crippen LogP contribution in [0.3, 0.4) is 0 Å². The van der Waals surface area contributed by atoms with E-state index in [0.29, 0.717) is 35.3 Å². The first-order valence-electron chi connectivity index (χ1n) is 13.8. The van der Waals surface area contributed by atoms with Crippen molar-refractivity contribution in [2.75, 3.05) is 52.3 Å². The minimum Gasteiger partial charge on any atom is -0.497 e. The molecule has 2 heterocycles. The summed E-state index contributed by atoms with van der Waals surface area (Å²) < 4.78 is 47.3. The Morgan fingerprint density at radius 1 is 1.00 bits per heavy atom. The molecule has 0 radical (unpaired) electrons. The summed E-state index contributed by atoms with van der Waals surface area (Å²) in [7, 11) is 4.68. The number of methoxy groups -OCH3 is 1. The summed E-state index contributed by atoms with van der Waals surface area (Å²) in [4.78, 5) is 30.3. The van der Waals surface area contributed by atoms with Crippen molar-refractivity contribution in [2.24, 2.45) is 11.8 Å². The van der Waals surface area contributed by atoms with E-state index in [2.05, 4.69) is 4.90 Å². The highest BCUT2D eigenvalue weighted by Crippen LogP contribution is 2.42. The Bertz CT molecular complexity index is 1240. The molecule has 7 nitrogen and oxygen atoms in total. The number of carbonyl (C=O) groups excluding carboxylic acids is 2. The van der Waals surface area contributed by atoms with Gasteiger partial charge in [-0.15, -0.1) is 0 Å². The number of halogens is 4. The normalized spacial score (nSPS) is 18.6. The number of hydrogen-bond acceptors (Lipinski definition) is 5. The van der Waals surface area contributed by atoms with Crippen molar-refractivity contribution in [1.82, 2.24) is 9.80 Å². The van der Waals surface area contributed by atoms with Crippen LogP contribution in [0.25, 0.3) is 0 Å². The van der Waals surface area contributed by atoms with E-state index in [9.17, 15) is 27.9 Å². The number of aliphatic hydroxyl groups is 1. The molecule has 0 saturated carbocycles. The zero-order chi connectivity index (χ0) is 29.9. The number of benzene rings is 2. The second-order valence-corrected chi connectivity index (χ2v) is 11.6. The second-order valence-electron chi connectivity index (χ2n) is 11.2. The van der Waals surface area contributed by atoms with Gasteiger partial charge < -0.3 is 24.5 Å². The molecular weight excluding hydrogens is 559 g/mol. The lowest BCUT2D eigenvalue weighted by atomic mass is 9.82. The van der Waals surface area contributed by atoms with Gasteiger partial charge in [0.25, 0.3) is 17.4 Å². The van der Waals surface area contributed by atoms with E-state index in [1.54, 1.807) is 20.2 Å². The summed E-state index contributed by atoms with van der Waals surface area (Å²) in [5.41, 5.74) is -2.74. The fraction of sp³-hybridized carbons (Fsp3) is 0.533. The third-order valence-electron chi connectivity index (χ3n) is 8.34. The number of nitrogens with zero attached hydrogens (tertiary/aromatic N) is 3. The molecule has 2 saturated heterocycles. The zero-order valence-electron chi connectivity index (χ0n) is 23.6. The molecule has 0 spiro atoms. The third kappa shape index (κ3) is 6.59. The van der Waals surface area contributed by atoms with E-state index in [1.165, 1.54) is 24.1 Å². The number of alkyl halides is 3. The van der Waals surface area contributed by atoms with Gasteiger partial charge in [0.2, 0.25) is 0 Å². The van der Waals surface area contributed by atoms with Crippen molar-refractivity contribution in [3.8, 4) is 5.75 Å². The number of ether oxygens (including phenoxy) is 1. The van der Waals surface area contributed by atoms with E-state index in [4.69, 9.17) is 16.3 Å². The van der Waals surface area contributed by atoms with Crippen molar-refractivity contribution in [1.29, 1.82) is 0 Å². The zero-order valence-corrected chi connectivity index (χ0v) is 24.3. The first kappa shape index (κ1) is 31.0. The monoisotopic (exact) mass is 595 g/mol. The summed E-state index contributed by atoms with van der Waals surface area (Å²) >= 11 is 6.39. The molecule has 41 heavy (non-hydrogen) atoms. The fourth-order valence-corrected chi connectivity index (χ4v) is 6.13. The second kappa shape index (κ2) is 12.5. The maximum Gasteiger partial charge on any atom is 0.430 e. The molecule has 4 rings (SSSR count). The Balaban J connectivity index is 1.31. The van der Waals surface area contributed by atoms with Gasteiger partial charge in [0, 0.05) is 51.5 Å². The smallest absolute Gasteiger partial charge is 0.430 e. The molecule has 2 amide bonds. The van der Waals surface area contributed by atoms with Crippen molar-refractivity contribution in [2.45, 2.75) is 43.9 Å². The van der Waals surface area contributed by atoms with Crippen molar-refractivity contribution in [3.63, 3.8) is 0 Å². The highest BCUT2D eigenvalue weighted by Gasteiger charge is 2.62. The van der Waals surface area contributed by atoms with Crippen LogP contribution in [0.2, 0.25) is 5.02 Å². The Labute approximate surface area is 243 Å². The number of rotatable bonds is 7. The Kier molecular flexibility index (Phi) is 9.43. The summed E-state index contributed by atoms with van der Waals surface area (Å²) in [5.74, 6) is -0.578. The van der Waals surface area contributed by atoms with E-state index >= 15 is 0 Å². The van der Waals surface area contributed by atoms with Crippen molar-refractivity contribution < 1.29 is 32.6 Å². The molecule has 2 aliphatic heterocycles. The van der Waals surface area contributed by atoms with Crippen LogP contribution in [0.4, 0.5) is 18.9 Å². The van der Waals surface area contributed by atoms with Gasteiger partial charge in [0.05, 0.1) is 17.7 Å². The average Bonchev–Trinajstić information content (AvgIpc) is 2.96. The van der Waals surface area contributed by atoms with Crippen LogP contribution in [0, 0.1) is 11.8 Å². The first-order valence-corrected chi connectivity index (χ1v) is 14.2. The topological polar surface area (TPSA) is 73.3 Å².